The van der Waals surface area contributed by atoms with Crippen LogP contribution in [-0.4, -0.2) is 22.6 Å². The Bertz CT molecular complexity index is 2090. The van der Waals surface area contributed by atoms with E-state index in [1.54, 1.807) is 0 Å². The molecule has 4 nitrogen and oxygen atoms in total. The van der Waals surface area contributed by atoms with E-state index in [0.717, 1.165) is 25.3 Å². The lowest BCUT2D eigenvalue weighted by Crippen LogP contribution is -2.33. The highest BCUT2D eigenvalue weighted by atomic mass is 16.1. The fraction of sp³-hybridized carbons (Fsp3) is 0.310. The van der Waals surface area contributed by atoms with Crippen LogP contribution in [0.4, 0.5) is 5.69 Å². The van der Waals surface area contributed by atoms with E-state index in [4.69, 9.17) is 5.73 Å². The molecule has 1 aliphatic carbocycles. The molecule has 5 aromatic carbocycles. The molecule has 1 fully saturated rings. The van der Waals surface area contributed by atoms with Gasteiger partial charge in [0.2, 0.25) is 0 Å². The Balaban J connectivity index is 1.03. The van der Waals surface area contributed by atoms with E-state index < -0.39 is 0 Å². The van der Waals surface area contributed by atoms with Crippen molar-refractivity contribution in [1.82, 2.24) is 9.47 Å². The molecule has 1 atom stereocenters. The van der Waals surface area contributed by atoms with Crippen LogP contribution in [0.15, 0.2) is 108 Å². The predicted octanol–water partition coefficient (Wildman–Crippen LogP) is 9.05. The number of pyridine rings is 1. The Morgan fingerprint density at radius 2 is 1.39 bits per heavy atom. The Morgan fingerprint density at radius 3 is 2.26 bits per heavy atom. The highest BCUT2D eigenvalue weighted by Crippen LogP contribution is 2.38. The molecule has 232 valence electrons. The number of nitrogen functional groups attached to an aromatic ring is 1. The van der Waals surface area contributed by atoms with Gasteiger partial charge in [0.25, 0.3) is 5.56 Å². The summed E-state index contributed by atoms with van der Waals surface area (Å²) in [6.45, 7) is 3.98. The zero-order chi connectivity index (χ0) is 31.0. The van der Waals surface area contributed by atoms with Crippen molar-refractivity contribution < 1.29 is 0 Å². The second-order valence-electron chi connectivity index (χ2n) is 13.7. The van der Waals surface area contributed by atoms with Crippen LogP contribution < -0.4 is 11.3 Å². The van der Waals surface area contributed by atoms with Crippen molar-refractivity contribution in [1.29, 1.82) is 0 Å². The molecule has 1 aliphatic heterocycles. The smallest absolute Gasteiger partial charge is 0.274 e. The molecule has 2 heterocycles. The fourth-order valence-electron chi connectivity index (χ4n) is 8.46. The van der Waals surface area contributed by atoms with Crippen LogP contribution >= 0.6 is 0 Å². The average Bonchev–Trinajstić information content (AvgIpc) is 3.10. The van der Waals surface area contributed by atoms with Gasteiger partial charge in [0.15, 0.2) is 0 Å². The molecule has 6 aromatic rings. The normalized spacial score (nSPS) is 17.5. The average molecular weight is 606 g/mol. The molecule has 0 bridgehead atoms. The Labute approximate surface area is 271 Å². The van der Waals surface area contributed by atoms with Crippen molar-refractivity contribution in [2.24, 2.45) is 5.92 Å². The summed E-state index contributed by atoms with van der Waals surface area (Å²) in [7, 11) is 0. The molecular weight excluding hydrogens is 562 g/mol. The first-order chi connectivity index (χ1) is 22.6. The zero-order valence-electron chi connectivity index (χ0n) is 26.6. The van der Waals surface area contributed by atoms with Crippen molar-refractivity contribution in [3.8, 4) is 0 Å². The fourth-order valence-corrected chi connectivity index (χ4v) is 8.46. The van der Waals surface area contributed by atoms with E-state index in [1.165, 1.54) is 99.9 Å². The number of nitrogens with two attached hydrogens (primary N) is 1. The van der Waals surface area contributed by atoms with Crippen LogP contribution in [0.2, 0.25) is 0 Å². The summed E-state index contributed by atoms with van der Waals surface area (Å²) in [5.74, 6) is 1.26. The summed E-state index contributed by atoms with van der Waals surface area (Å²) >= 11 is 0. The number of nitrogens with zero attached hydrogens (tertiary/aromatic N) is 2. The van der Waals surface area contributed by atoms with Crippen LogP contribution in [0.1, 0.15) is 66.8 Å². The third-order valence-corrected chi connectivity index (χ3v) is 11.0. The van der Waals surface area contributed by atoms with E-state index >= 15 is 0 Å². The van der Waals surface area contributed by atoms with Crippen LogP contribution in [0.5, 0.6) is 0 Å². The number of anilines is 1. The lowest BCUT2D eigenvalue weighted by Gasteiger charge is -2.34. The van der Waals surface area contributed by atoms with Crippen LogP contribution in [0.25, 0.3) is 32.3 Å². The Morgan fingerprint density at radius 1 is 0.674 bits per heavy atom. The van der Waals surface area contributed by atoms with Crippen LogP contribution in [0, 0.1) is 5.92 Å². The predicted molar refractivity (Wildman–Crippen MR) is 193 cm³/mol. The monoisotopic (exact) mass is 605 g/mol. The molecule has 46 heavy (non-hydrogen) atoms. The van der Waals surface area contributed by atoms with Crippen LogP contribution in [0.3, 0.4) is 0 Å². The highest BCUT2D eigenvalue weighted by molar-refractivity contribution is 6.17. The molecule has 2 aliphatic rings. The van der Waals surface area contributed by atoms with E-state index in [2.05, 4.69) is 102 Å². The number of benzene rings is 5. The summed E-state index contributed by atoms with van der Waals surface area (Å²) in [6.07, 6.45) is 8.25. The number of likely N-dealkylation sites (tertiary alicyclic amines) is 1. The number of rotatable bonds is 7. The molecule has 4 heteroatoms. The second kappa shape index (κ2) is 12.4. The van der Waals surface area contributed by atoms with Gasteiger partial charge in [0, 0.05) is 12.2 Å². The van der Waals surface area contributed by atoms with E-state index in [-0.39, 0.29) is 5.56 Å². The van der Waals surface area contributed by atoms with Crippen molar-refractivity contribution >= 4 is 38.0 Å². The molecular formula is C42H43N3O. The van der Waals surface area contributed by atoms with Crippen molar-refractivity contribution in [2.75, 3.05) is 18.8 Å². The number of hydrogen-bond acceptors (Lipinski definition) is 3. The molecule has 0 spiro atoms. The Kier molecular flexibility index (Phi) is 7.83. The lowest BCUT2D eigenvalue weighted by atomic mass is 9.79. The van der Waals surface area contributed by atoms with Gasteiger partial charge < -0.3 is 10.3 Å². The number of aromatic nitrogens is 1. The first kappa shape index (κ1) is 29.0. The van der Waals surface area contributed by atoms with Gasteiger partial charge in [-0.25, -0.2) is 0 Å². The van der Waals surface area contributed by atoms with Crippen molar-refractivity contribution in [3.05, 3.63) is 136 Å². The molecule has 1 saturated heterocycles. The maximum atomic E-state index is 13.6. The first-order valence-corrected chi connectivity index (χ1v) is 17.2. The van der Waals surface area contributed by atoms with Gasteiger partial charge in [-0.3, -0.25) is 9.69 Å². The van der Waals surface area contributed by atoms with Gasteiger partial charge in [0.1, 0.15) is 0 Å². The number of piperidine rings is 1. The maximum Gasteiger partial charge on any atom is 0.274 e. The summed E-state index contributed by atoms with van der Waals surface area (Å²) in [4.78, 5) is 16.3. The number of fused-ring (bicyclic) bond motifs is 6. The van der Waals surface area contributed by atoms with Gasteiger partial charge in [0.05, 0.1) is 12.2 Å². The largest absolute Gasteiger partial charge is 0.394 e. The SMILES string of the molecule is Nc1cc2c(n(Cc3cccc4c3ccc3c5ccccc5ccc43)c1=O)CCCC2CCC1CCN(Cc2ccccc2)CC1. The van der Waals surface area contributed by atoms with Gasteiger partial charge in [-0.15, -0.1) is 0 Å². The van der Waals surface area contributed by atoms with Crippen molar-refractivity contribution in [3.63, 3.8) is 0 Å². The summed E-state index contributed by atoms with van der Waals surface area (Å²) in [5, 5.41) is 7.50. The number of hydrogen-bond donors (Lipinski definition) is 1. The minimum Gasteiger partial charge on any atom is -0.394 e. The molecule has 1 unspecified atom stereocenters. The molecule has 8 rings (SSSR count). The molecule has 0 saturated carbocycles. The first-order valence-electron chi connectivity index (χ1n) is 17.2. The van der Waals surface area contributed by atoms with Crippen molar-refractivity contribution in [2.45, 2.75) is 64.0 Å². The van der Waals surface area contributed by atoms with Gasteiger partial charge >= 0.3 is 0 Å². The lowest BCUT2D eigenvalue weighted by molar-refractivity contribution is 0.169. The minimum atomic E-state index is -0.0472. The molecule has 2 N–H and O–H groups in total. The highest BCUT2D eigenvalue weighted by Gasteiger charge is 2.27. The Hall–Kier alpha value is -4.41. The maximum absolute atomic E-state index is 13.6. The van der Waals surface area contributed by atoms with E-state index in [1.807, 2.05) is 10.6 Å². The molecule has 1 aromatic heterocycles. The topological polar surface area (TPSA) is 51.3 Å². The minimum absolute atomic E-state index is 0.0472. The third-order valence-electron chi connectivity index (χ3n) is 11.0. The van der Waals surface area contributed by atoms with E-state index in [9.17, 15) is 4.79 Å². The van der Waals surface area contributed by atoms with E-state index in [0.29, 0.717) is 18.2 Å². The second-order valence-corrected chi connectivity index (χ2v) is 13.7. The van der Waals surface area contributed by atoms with Gasteiger partial charge in [-0.2, -0.15) is 0 Å². The summed E-state index contributed by atoms with van der Waals surface area (Å²) < 4.78 is 2.01. The zero-order valence-corrected chi connectivity index (χ0v) is 26.6. The van der Waals surface area contributed by atoms with Gasteiger partial charge in [-0.05, 0) is 125 Å². The quantitative estimate of drug-likeness (QED) is 0.185. The molecule has 0 amide bonds. The molecule has 0 radical (unpaired) electrons. The summed E-state index contributed by atoms with van der Waals surface area (Å²) in [6, 6.07) is 37.0. The summed E-state index contributed by atoms with van der Waals surface area (Å²) in [5.41, 5.74) is 11.9. The standard InChI is InChI=1S/C42H43N3O/c43-40-26-39-32(17-16-29-22-24-44(25-23-29)27-30-8-2-1-3-9-30)11-7-15-41(39)45(42(40)46)28-33-12-6-14-36-35(33)20-21-37-34-13-5-4-10-31(34)18-19-38(36)37/h1-6,8-10,12-14,18-21,26,29,32H,7,11,15-17,22-25,27-28,43H2. The van der Waals surface area contributed by atoms with Gasteiger partial charge in [-0.1, -0.05) is 97.1 Å². The third kappa shape index (κ3) is 5.49. The van der Waals surface area contributed by atoms with Crippen LogP contribution in [-0.2, 0) is 19.5 Å².